The molecule has 1 amide bonds. The van der Waals surface area contributed by atoms with Crippen LogP contribution >= 0.6 is 0 Å². The van der Waals surface area contributed by atoms with E-state index in [9.17, 15) is 13.6 Å². The van der Waals surface area contributed by atoms with Gasteiger partial charge in [-0.1, -0.05) is 6.07 Å². The van der Waals surface area contributed by atoms with Crippen molar-refractivity contribution in [3.05, 3.63) is 59.7 Å². The fourth-order valence-corrected chi connectivity index (χ4v) is 2.63. The Bertz CT molecular complexity index is 734. The predicted molar refractivity (Wildman–Crippen MR) is 84.9 cm³/mol. The predicted octanol–water partition coefficient (Wildman–Crippen LogP) is 3.08. The van der Waals surface area contributed by atoms with E-state index in [1.807, 2.05) is 0 Å². The largest absolute Gasteiger partial charge is 0.491 e. The lowest BCUT2D eigenvalue weighted by atomic mass is 10.1. The summed E-state index contributed by atoms with van der Waals surface area (Å²) in [7, 11) is 0. The molecule has 1 aliphatic carbocycles. The second kappa shape index (κ2) is 6.97. The summed E-state index contributed by atoms with van der Waals surface area (Å²) in [5.41, 5.74) is 1.27. The number of amides is 1. The Balaban J connectivity index is 1.57. The van der Waals surface area contributed by atoms with E-state index in [0.29, 0.717) is 23.4 Å². The molecule has 0 bridgehead atoms. The maximum Gasteiger partial charge on any atom is 0.228 e. The molecule has 1 saturated carbocycles. The molecule has 0 radical (unpaired) electrons. The number of nitrogens with one attached hydrogen (secondary N) is 1. The van der Waals surface area contributed by atoms with E-state index < -0.39 is 11.6 Å². The zero-order chi connectivity index (χ0) is 17.1. The van der Waals surface area contributed by atoms with Gasteiger partial charge < -0.3 is 15.2 Å². The van der Waals surface area contributed by atoms with Gasteiger partial charge in [0.1, 0.15) is 12.4 Å². The van der Waals surface area contributed by atoms with E-state index in [4.69, 9.17) is 9.84 Å². The highest BCUT2D eigenvalue weighted by Crippen LogP contribution is 2.48. The number of carbonyl (C=O) groups excluding carboxylic acids is 1. The number of carbonyl (C=O) groups is 1. The maximum atomic E-state index is 13.3. The lowest BCUT2D eigenvalue weighted by Crippen LogP contribution is -2.14. The minimum atomic E-state index is -0.892. The van der Waals surface area contributed by atoms with Crippen LogP contribution in [0.1, 0.15) is 17.9 Å². The summed E-state index contributed by atoms with van der Waals surface area (Å²) < 4.78 is 31.5. The van der Waals surface area contributed by atoms with Crippen molar-refractivity contribution in [1.29, 1.82) is 0 Å². The van der Waals surface area contributed by atoms with Crippen LogP contribution in [-0.2, 0) is 4.79 Å². The SMILES string of the molecule is O=C(Nc1ccc(OCCO)cc1)C1CC1c1ccc(F)c(F)c1. The summed E-state index contributed by atoms with van der Waals surface area (Å²) in [6.45, 7) is 0.148. The summed E-state index contributed by atoms with van der Waals surface area (Å²) in [5.74, 6) is -1.63. The van der Waals surface area contributed by atoms with E-state index in [0.717, 1.165) is 12.1 Å². The van der Waals surface area contributed by atoms with E-state index in [-0.39, 0.29) is 31.0 Å². The number of anilines is 1. The first-order valence-electron chi connectivity index (χ1n) is 7.68. The number of halogens is 2. The third-order valence-electron chi connectivity index (χ3n) is 3.98. The quantitative estimate of drug-likeness (QED) is 0.854. The molecule has 0 saturated heterocycles. The molecule has 3 rings (SSSR count). The fourth-order valence-electron chi connectivity index (χ4n) is 2.63. The van der Waals surface area contributed by atoms with E-state index in [1.54, 1.807) is 24.3 Å². The Morgan fingerprint density at radius 3 is 2.58 bits per heavy atom. The molecule has 24 heavy (non-hydrogen) atoms. The van der Waals surface area contributed by atoms with Gasteiger partial charge in [-0.05, 0) is 54.3 Å². The van der Waals surface area contributed by atoms with Crippen LogP contribution in [0.3, 0.4) is 0 Å². The second-order valence-electron chi connectivity index (χ2n) is 5.71. The lowest BCUT2D eigenvalue weighted by Gasteiger charge is -2.07. The van der Waals surface area contributed by atoms with Crippen LogP contribution in [0, 0.1) is 17.6 Å². The van der Waals surface area contributed by atoms with Crippen molar-refractivity contribution < 1.29 is 23.4 Å². The van der Waals surface area contributed by atoms with Crippen molar-refractivity contribution in [3.8, 4) is 5.75 Å². The maximum absolute atomic E-state index is 13.3. The number of aliphatic hydroxyl groups excluding tert-OH is 1. The van der Waals surface area contributed by atoms with Gasteiger partial charge in [-0.15, -0.1) is 0 Å². The van der Waals surface area contributed by atoms with Gasteiger partial charge in [0.2, 0.25) is 5.91 Å². The summed E-state index contributed by atoms with van der Waals surface area (Å²) in [4.78, 5) is 12.2. The standard InChI is InChI=1S/C18H17F2NO3/c19-16-6-1-11(9-17(16)20)14-10-15(14)18(23)21-12-2-4-13(5-3-12)24-8-7-22/h1-6,9,14-15,22H,7-8,10H2,(H,21,23). The van der Waals surface area contributed by atoms with Crippen molar-refractivity contribution in [3.63, 3.8) is 0 Å². The molecule has 0 spiro atoms. The highest BCUT2D eigenvalue weighted by Gasteiger charge is 2.44. The Morgan fingerprint density at radius 2 is 1.92 bits per heavy atom. The van der Waals surface area contributed by atoms with Crippen LogP contribution in [0.15, 0.2) is 42.5 Å². The number of benzene rings is 2. The molecule has 0 aromatic heterocycles. The first kappa shape index (κ1) is 16.4. The molecular formula is C18H17F2NO3. The smallest absolute Gasteiger partial charge is 0.228 e. The third-order valence-corrected chi connectivity index (χ3v) is 3.98. The minimum absolute atomic E-state index is 0.0640. The van der Waals surface area contributed by atoms with Gasteiger partial charge in [-0.25, -0.2) is 8.78 Å². The number of hydrogen-bond acceptors (Lipinski definition) is 3. The van der Waals surface area contributed by atoms with E-state index in [1.165, 1.54) is 6.07 Å². The molecule has 0 heterocycles. The number of rotatable bonds is 6. The molecule has 2 N–H and O–H groups in total. The monoisotopic (exact) mass is 333 g/mol. The van der Waals surface area contributed by atoms with Gasteiger partial charge in [-0.3, -0.25) is 4.79 Å². The van der Waals surface area contributed by atoms with Gasteiger partial charge in [0.25, 0.3) is 0 Å². The molecule has 2 aromatic rings. The molecule has 4 nitrogen and oxygen atoms in total. The molecule has 2 aromatic carbocycles. The van der Waals surface area contributed by atoms with Gasteiger partial charge in [0.15, 0.2) is 11.6 Å². The molecule has 2 unspecified atom stereocenters. The van der Waals surface area contributed by atoms with Crippen molar-refractivity contribution >= 4 is 11.6 Å². The van der Waals surface area contributed by atoms with Gasteiger partial charge >= 0.3 is 0 Å². The summed E-state index contributed by atoms with van der Waals surface area (Å²) in [5, 5.41) is 11.5. The Hall–Kier alpha value is -2.47. The van der Waals surface area contributed by atoms with Crippen molar-refractivity contribution in [2.45, 2.75) is 12.3 Å². The first-order valence-corrected chi connectivity index (χ1v) is 7.68. The fraction of sp³-hybridized carbons (Fsp3) is 0.278. The highest BCUT2D eigenvalue weighted by atomic mass is 19.2. The van der Waals surface area contributed by atoms with Gasteiger partial charge in [0, 0.05) is 11.6 Å². The zero-order valence-electron chi connectivity index (χ0n) is 12.8. The molecule has 2 atom stereocenters. The molecular weight excluding hydrogens is 316 g/mol. The Morgan fingerprint density at radius 1 is 1.17 bits per heavy atom. The number of ether oxygens (including phenoxy) is 1. The van der Waals surface area contributed by atoms with Crippen molar-refractivity contribution in [1.82, 2.24) is 0 Å². The summed E-state index contributed by atoms with van der Waals surface area (Å²) in [6.07, 6.45) is 0.620. The molecule has 1 fully saturated rings. The van der Waals surface area contributed by atoms with Crippen LogP contribution < -0.4 is 10.1 Å². The first-order chi connectivity index (χ1) is 11.6. The van der Waals surface area contributed by atoms with E-state index in [2.05, 4.69) is 5.32 Å². The number of hydrogen-bond donors (Lipinski definition) is 2. The van der Waals surface area contributed by atoms with Gasteiger partial charge in [0.05, 0.1) is 6.61 Å². The Kier molecular flexibility index (Phi) is 4.76. The lowest BCUT2D eigenvalue weighted by molar-refractivity contribution is -0.117. The number of aliphatic hydroxyl groups is 1. The average Bonchev–Trinajstić information content (AvgIpc) is 3.37. The van der Waals surface area contributed by atoms with Crippen LogP contribution in [0.5, 0.6) is 5.75 Å². The van der Waals surface area contributed by atoms with Crippen LogP contribution in [-0.4, -0.2) is 24.2 Å². The normalized spacial score (nSPS) is 19.0. The van der Waals surface area contributed by atoms with Gasteiger partial charge in [-0.2, -0.15) is 0 Å². The minimum Gasteiger partial charge on any atom is -0.491 e. The summed E-state index contributed by atoms with van der Waals surface area (Å²) >= 11 is 0. The third kappa shape index (κ3) is 3.71. The molecule has 126 valence electrons. The molecule has 1 aliphatic rings. The zero-order valence-corrected chi connectivity index (χ0v) is 12.8. The Labute approximate surface area is 138 Å². The summed E-state index contributed by atoms with van der Waals surface area (Å²) in [6, 6.07) is 10.6. The van der Waals surface area contributed by atoms with Crippen molar-refractivity contribution in [2.75, 3.05) is 18.5 Å². The van der Waals surface area contributed by atoms with E-state index >= 15 is 0 Å². The van der Waals surface area contributed by atoms with Crippen LogP contribution in [0.25, 0.3) is 0 Å². The van der Waals surface area contributed by atoms with Crippen LogP contribution in [0.4, 0.5) is 14.5 Å². The molecule has 6 heteroatoms. The highest BCUT2D eigenvalue weighted by molar-refractivity contribution is 5.95. The topological polar surface area (TPSA) is 58.6 Å². The van der Waals surface area contributed by atoms with Crippen LogP contribution in [0.2, 0.25) is 0 Å². The second-order valence-corrected chi connectivity index (χ2v) is 5.71. The van der Waals surface area contributed by atoms with Crippen molar-refractivity contribution in [2.24, 2.45) is 5.92 Å². The average molecular weight is 333 g/mol. The molecule has 0 aliphatic heterocycles.